The second kappa shape index (κ2) is 2.73. The summed E-state index contributed by atoms with van der Waals surface area (Å²) < 4.78 is 0. The number of rotatable bonds is 4. The van der Waals surface area contributed by atoms with Gasteiger partial charge in [0.25, 0.3) is 0 Å². The van der Waals surface area contributed by atoms with Gasteiger partial charge in [0, 0.05) is 6.61 Å². The molecule has 0 aromatic rings. The quantitative estimate of drug-likeness (QED) is 0.709. The standard InChI is InChI=1S/C12H22O/c1-11(2)6-9(11)4-5-12(3)7-10(12)8-13/h9-10,13H,4-8H2,1-3H3/t9-,10-,12+/m0/s1. The van der Waals surface area contributed by atoms with E-state index in [1.807, 2.05) is 0 Å². The third-order valence-electron chi connectivity index (χ3n) is 4.54. The highest BCUT2D eigenvalue weighted by atomic mass is 16.3. The van der Waals surface area contributed by atoms with Crippen molar-refractivity contribution in [3.05, 3.63) is 0 Å². The molecule has 2 saturated carbocycles. The average Bonchev–Trinajstić information content (AvgIpc) is 2.87. The molecule has 0 heterocycles. The van der Waals surface area contributed by atoms with Gasteiger partial charge in [0.1, 0.15) is 0 Å². The van der Waals surface area contributed by atoms with E-state index < -0.39 is 0 Å². The molecule has 0 amide bonds. The second-order valence-electron chi connectivity index (χ2n) is 6.17. The van der Waals surface area contributed by atoms with Gasteiger partial charge < -0.3 is 5.11 Å². The first-order valence-corrected chi connectivity index (χ1v) is 5.59. The summed E-state index contributed by atoms with van der Waals surface area (Å²) in [6, 6.07) is 0. The lowest BCUT2D eigenvalue weighted by molar-refractivity contribution is 0.246. The third-order valence-corrected chi connectivity index (χ3v) is 4.54. The maximum absolute atomic E-state index is 9.03. The van der Waals surface area contributed by atoms with E-state index in [1.54, 1.807) is 0 Å². The number of aliphatic hydroxyl groups is 1. The summed E-state index contributed by atoms with van der Waals surface area (Å²) in [5.41, 5.74) is 1.15. The van der Waals surface area contributed by atoms with E-state index in [4.69, 9.17) is 5.11 Å². The Labute approximate surface area is 81.5 Å². The molecule has 0 bridgehead atoms. The molecule has 0 aliphatic heterocycles. The van der Waals surface area contributed by atoms with Gasteiger partial charge in [0.2, 0.25) is 0 Å². The van der Waals surface area contributed by atoms with Crippen molar-refractivity contribution >= 4 is 0 Å². The fourth-order valence-corrected chi connectivity index (χ4v) is 2.67. The Balaban J connectivity index is 1.70. The molecule has 2 aliphatic rings. The average molecular weight is 182 g/mol. The molecule has 2 aliphatic carbocycles. The number of aliphatic hydroxyl groups excluding tert-OH is 1. The third kappa shape index (κ3) is 1.76. The Hall–Kier alpha value is -0.0400. The molecule has 1 heteroatoms. The lowest BCUT2D eigenvalue weighted by Gasteiger charge is -2.10. The normalized spacial score (nSPS) is 46.2. The van der Waals surface area contributed by atoms with Gasteiger partial charge in [-0.1, -0.05) is 20.8 Å². The van der Waals surface area contributed by atoms with Crippen molar-refractivity contribution in [3.8, 4) is 0 Å². The zero-order valence-electron chi connectivity index (χ0n) is 9.14. The van der Waals surface area contributed by atoms with Gasteiger partial charge in [-0.25, -0.2) is 0 Å². The van der Waals surface area contributed by atoms with Crippen LogP contribution < -0.4 is 0 Å². The van der Waals surface area contributed by atoms with Crippen molar-refractivity contribution in [3.63, 3.8) is 0 Å². The van der Waals surface area contributed by atoms with Crippen LogP contribution in [0.1, 0.15) is 46.5 Å². The van der Waals surface area contributed by atoms with Crippen LogP contribution in [0.2, 0.25) is 0 Å². The summed E-state index contributed by atoms with van der Waals surface area (Å²) in [4.78, 5) is 0. The van der Waals surface area contributed by atoms with Crippen LogP contribution >= 0.6 is 0 Å². The largest absolute Gasteiger partial charge is 0.396 e. The summed E-state index contributed by atoms with van der Waals surface area (Å²) in [5.74, 6) is 1.60. The molecule has 1 N–H and O–H groups in total. The van der Waals surface area contributed by atoms with Gasteiger partial charge in [0.05, 0.1) is 0 Å². The van der Waals surface area contributed by atoms with Crippen LogP contribution in [0.4, 0.5) is 0 Å². The first-order chi connectivity index (χ1) is 5.98. The molecule has 76 valence electrons. The van der Waals surface area contributed by atoms with E-state index >= 15 is 0 Å². The Bertz CT molecular complexity index is 209. The van der Waals surface area contributed by atoms with Gasteiger partial charge >= 0.3 is 0 Å². The van der Waals surface area contributed by atoms with Crippen LogP contribution in [0.25, 0.3) is 0 Å². The fourth-order valence-electron chi connectivity index (χ4n) is 2.67. The molecular formula is C12H22O. The number of hydrogen-bond donors (Lipinski definition) is 1. The summed E-state index contributed by atoms with van der Waals surface area (Å²) in [5, 5.41) is 9.03. The van der Waals surface area contributed by atoms with Crippen molar-refractivity contribution in [2.45, 2.75) is 46.5 Å². The summed E-state index contributed by atoms with van der Waals surface area (Å²) in [6.45, 7) is 7.49. The van der Waals surface area contributed by atoms with Gasteiger partial charge in [-0.2, -0.15) is 0 Å². The summed E-state index contributed by atoms with van der Waals surface area (Å²) in [7, 11) is 0. The fraction of sp³-hybridized carbons (Fsp3) is 1.00. The minimum atomic E-state index is 0.407. The van der Waals surface area contributed by atoms with Crippen molar-refractivity contribution in [1.29, 1.82) is 0 Å². The van der Waals surface area contributed by atoms with Gasteiger partial charge in [-0.15, -0.1) is 0 Å². The van der Waals surface area contributed by atoms with E-state index in [0.717, 1.165) is 5.92 Å². The van der Waals surface area contributed by atoms with Crippen LogP contribution in [-0.4, -0.2) is 11.7 Å². The van der Waals surface area contributed by atoms with Crippen LogP contribution in [0.5, 0.6) is 0 Å². The Morgan fingerprint density at radius 3 is 2.15 bits per heavy atom. The zero-order valence-corrected chi connectivity index (χ0v) is 9.14. The topological polar surface area (TPSA) is 20.2 Å². The second-order valence-corrected chi connectivity index (χ2v) is 6.17. The highest BCUT2D eigenvalue weighted by Crippen LogP contribution is 2.60. The molecular weight excluding hydrogens is 160 g/mol. The summed E-state index contributed by atoms with van der Waals surface area (Å²) in [6.07, 6.45) is 5.41. The predicted molar refractivity (Wildman–Crippen MR) is 54.4 cm³/mol. The van der Waals surface area contributed by atoms with E-state index in [0.29, 0.717) is 23.4 Å². The Morgan fingerprint density at radius 1 is 1.15 bits per heavy atom. The first kappa shape index (κ1) is 9.51. The Kier molecular flexibility index (Phi) is 1.99. The molecule has 2 fully saturated rings. The van der Waals surface area contributed by atoms with Crippen LogP contribution in [-0.2, 0) is 0 Å². The number of hydrogen-bond acceptors (Lipinski definition) is 1. The highest BCUT2D eigenvalue weighted by Gasteiger charge is 2.51. The van der Waals surface area contributed by atoms with E-state index in [9.17, 15) is 0 Å². The molecule has 2 rings (SSSR count). The predicted octanol–water partition coefficient (Wildman–Crippen LogP) is 2.83. The zero-order chi connectivity index (χ0) is 9.69. The molecule has 1 nitrogen and oxygen atoms in total. The minimum absolute atomic E-state index is 0.407. The molecule has 0 spiro atoms. The molecule has 0 radical (unpaired) electrons. The molecule has 0 aromatic carbocycles. The molecule has 13 heavy (non-hydrogen) atoms. The molecule has 0 unspecified atom stereocenters. The SMILES string of the molecule is CC1(C)C[C@@H]1CC[C@]1(C)C[C@H]1CO. The minimum Gasteiger partial charge on any atom is -0.396 e. The van der Waals surface area contributed by atoms with Crippen molar-refractivity contribution in [2.24, 2.45) is 22.7 Å². The maximum atomic E-state index is 9.03. The smallest absolute Gasteiger partial charge is 0.0464 e. The molecule has 0 aromatic heterocycles. The van der Waals surface area contributed by atoms with Crippen LogP contribution in [0, 0.1) is 22.7 Å². The Morgan fingerprint density at radius 2 is 1.77 bits per heavy atom. The highest BCUT2D eigenvalue weighted by molar-refractivity contribution is 5.01. The van der Waals surface area contributed by atoms with Gasteiger partial charge in [-0.05, 0) is 48.3 Å². The van der Waals surface area contributed by atoms with Crippen LogP contribution in [0.15, 0.2) is 0 Å². The van der Waals surface area contributed by atoms with Crippen molar-refractivity contribution in [1.82, 2.24) is 0 Å². The monoisotopic (exact) mass is 182 g/mol. The van der Waals surface area contributed by atoms with E-state index in [2.05, 4.69) is 20.8 Å². The lowest BCUT2D eigenvalue weighted by atomic mass is 9.96. The van der Waals surface area contributed by atoms with E-state index in [-0.39, 0.29) is 0 Å². The van der Waals surface area contributed by atoms with E-state index in [1.165, 1.54) is 25.7 Å². The van der Waals surface area contributed by atoms with Gasteiger partial charge in [-0.3, -0.25) is 0 Å². The molecule has 0 saturated heterocycles. The summed E-state index contributed by atoms with van der Waals surface area (Å²) >= 11 is 0. The van der Waals surface area contributed by atoms with Crippen molar-refractivity contribution < 1.29 is 5.11 Å². The van der Waals surface area contributed by atoms with Crippen LogP contribution in [0.3, 0.4) is 0 Å². The molecule has 3 atom stereocenters. The van der Waals surface area contributed by atoms with Gasteiger partial charge in [0.15, 0.2) is 0 Å². The maximum Gasteiger partial charge on any atom is 0.0464 e. The first-order valence-electron chi connectivity index (χ1n) is 5.59. The van der Waals surface area contributed by atoms with Crippen molar-refractivity contribution in [2.75, 3.05) is 6.61 Å². The lowest BCUT2D eigenvalue weighted by Crippen LogP contribution is -2.02.